The van der Waals surface area contributed by atoms with Gasteiger partial charge in [0, 0.05) is 19.4 Å². The van der Waals surface area contributed by atoms with Crippen molar-refractivity contribution < 1.29 is 0 Å². The number of thioether (sulfide) groups is 1. The van der Waals surface area contributed by atoms with Crippen molar-refractivity contribution in [2.24, 2.45) is 7.05 Å². The number of aromatic nitrogens is 4. The lowest BCUT2D eigenvalue weighted by molar-refractivity contribution is 0.807. The Hall–Kier alpha value is -2.86. The molecule has 0 spiro atoms. The van der Waals surface area contributed by atoms with E-state index < -0.39 is 0 Å². The van der Waals surface area contributed by atoms with E-state index in [2.05, 4.69) is 11.1 Å². The van der Waals surface area contributed by atoms with E-state index in [0.29, 0.717) is 21.8 Å². The van der Waals surface area contributed by atoms with Crippen LogP contribution < -0.4 is 5.56 Å². The van der Waals surface area contributed by atoms with Crippen LogP contribution in [-0.2, 0) is 12.8 Å². The number of imidazole rings is 1. The van der Waals surface area contributed by atoms with Crippen molar-refractivity contribution in [3.8, 4) is 5.69 Å². The first kappa shape index (κ1) is 17.5. The summed E-state index contributed by atoms with van der Waals surface area (Å²) in [6, 6.07) is 13.6. The summed E-state index contributed by atoms with van der Waals surface area (Å²) in [5, 5.41) is 1.30. The molecule has 5 nitrogen and oxygen atoms in total. The molecule has 136 valence electrons. The minimum absolute atomic E-state index is 0.0448. The molecule has 0 atom stereocenters. The monoisotopic (exact) mass is 376 g/mol. The van der Waals surface area contributed by atoms with Crippen molar-refractivity contribution in [1.29, 1.82) is 0 Å². The Balaban J connectivity index is 1.91. The molecule has 0 amide bonds. The molecule has 4 rings (SSSR count). The molecular formula is C21H20N4OS. The molecule has 0 saturated heterocycles. The minimum Gasteiger partial charge on any atom is -0.337 e. The second-order valence-corrected chi connectivity index (χ2v) is 7.53. The van der Waals surface area contributed by atoms with Crippen LogP contribution in [0.3, 0.4) is 0 Å². The number of para-hydroxylation sites is 1. The number of nitrogens with zero attached hydrogens (tertiary/aromatic N) is 4. The van der Waals surface area contributed by atoms with E-state index in [1.807, 2.05) is 68.1 Å². The van der Waals surface area contributed by atoms with Crippen LogP contribution in [0.4, 0.5) is 0 Å². The molecule has 0 aliphatic heterocycles. The van der Waals surface area contributed by atoms with Gasteiger partial charge in [0.25, 0.3) is 5.56 Å². The zero-order valence-corrected chi connectivity index (χ0v) is 16.3. The smallest absolute Gasteiger partial charge is 0.266 e. The number of rotatable bonds is 4. The second kappa shape index (κ2) is 7.04. The Morgan fingerprint density at radius 2 is 1.93 bits per heavy atom. The summed E-state index contributed by atoms with van der Waals surface area (Å²) in [5.41, 5.74) is 3.69. The summed E-state index contributed by atoms with van der Waals surface area (Å²) < 4.78 is 3.71. The average molecular weight is 376 g/mol. The standard InChI is InChI=1S/C21H20N4OS/c1-14-8-9-15(2)18(12-14)25-20(26)16-6-4-5-7-17(16)23-21(25)27-13-19-22-10-11-24(19)3/h4-12H,13H2,1-3H3. The minimum atomic E-state index is -0.0448. The molecule has 4 aromatic rings. The van der Waals surface area contributed by atoms with Crippen LogP contribution in [0.2, 0.25) is 0 Å². The third kappa shape index (κ3) is 3.28. The fourth-order valence-electron chi connectivity index (χ4n) is 3.05. The molecule has 0 N–H and O–H groups in total. The Bertz CT molecular complexity index is 1190. The van der Waals surface area contributed by atoms with Gasteiger partial charge in [0.15, 0.2) is 5.16 Å². The van der Waals surface area contributed by atoms with Crippen molar-refractivity contribution in [2.45, 2.75) is 24.8 Å². The highest BCUT2D eigenvalue weighted by molar-refractivity contribution is 7.98. The molecular weight excluding hydrogens is 356 g/mol. The summed E-state index contributed by atoms with van der Waals surface area (Å²) in [6.45, 7) is 4.05. The first-order chi connectivity index (χ1) is 13.0. The fourth-order valence-corrected chi connectivity index (χ4v) is 4.06. The lowest BCUT2D eigenvalue weighted by Crippen LogP contribution is -2.22. The van der Waals surface area contributed by atoms with Crippen molar-refractivity contribution in [1.82, 2.24) is 19.1 Å². The van der Waals surface area contributed by atoms with E-state index in [-0.39, 0.29) is 5.56 Å². The van der Waals surface area contributed by atoms with E-state index in [1.54, 1.807) is 10.8 Å². The molecule has 27 heavy (non-hydrogen) atoms. The van der Waals surface area contributed by atoms with Crippen LogP contribution in [0, 0.1) is 13.8 Å². The van der Waals surface area contributed by atoms with Gasteiger partial charge in [0.2, 0.25) is 0 Å². The Labute approximate surface area is 161 Å². The molecule has 0 radical (unpaired) electrons. The van der Waals surface area contributed by atoms with Crippen LogP contribution >= 0.6 is 11.8 Å². The van der Waals surface area contributed by atoms with Crippen molar-refractivity contribution >= 4 is 22.7 Å². The van der Waals surface area contributed by atoms with Gasteiger partial charge in [-0.1, -0.05) is 36.0 Å². The van der Waals surface area contributed by atoms with Crippen LogP contribution in [0.15, 0.2) is 64.8 Å². The van der Waals surface area contributed by atoms with Crippen LogP contribution in [-0.4, -0.2) is 19.1 Å². The average Bonchev–Trinajstić information content (AvgIpc) is 3.07. The van der Waals surface area contributed by atoms with Gasteiger partial charge in [-0.15, -0.1) is 0 Å². The molecule has 6 heteroatoms. The Morgan fingerprint density at radius 3 is 2.70 bits per heavy atom. The second-order valence-electron chi connectivity index (χ2n) is 6.59. The first-order valence-corrected chi connectivity index (χ1v) is 9.71. The summed E-state index contributed by atoms with van der Waals surface area (Å²) >= 11 is 1.53. The quantitative estimate of drug-likeness (QED) is 0.399. The highest BCUT2D eigenvalue weighted by Gasteiger charge is 2.15. The lowest BCUT2D eigenvalue weighted by atomic mass is 10.1. The molecule has 2 heterocycles. The third-order valence-corrected chi connectivity index (χ3v) is 5.54. The predicted octanol–water partition coefficient (Wildman–Crippen LogP) is 4.03. The predicted molar refractivity (Wildman–Crippen MR) is 110 cm³/mol. The van der Waals surface area contributed by atoms with Crippen molar-refractivity contribution in [3.63, 3.8) is 0 Å². The topological polar surface area (TPSA) is 52.7 Å². The normalized spacial score (nSPS) is 11.2. The molecule has 0 aliphatic rings. The van der Waals surface area contributed by atoms with Crippen LogP contribution in [0.5, 0.6) is 0 Å². The first-order valence-electron chi connectivity index (χ1n) is 8.73. The molecule has 0 fully saturated rings. The molecule has 2 aromatic heterocycles. The molecule has 0 bridgehead atoms. The van der Waals surface area contributed by atoms with Gasteiger partial charge in [-0.2, -0.15) is 0 Å². The number of fused-ring (bicyclic) bond motifs is 1. The van der Waals surface area contributed by atoms with Gasteiger partial charge in [0.05, 0.1) is 22.3 Å². The van der Waals surface area contributed by atoms with Crippen molar-refractivity contribution in [3.05, 3.63) is 82.2 Å². The SMILES string of the molecule is Cc1ccc(C)c(-n2c(SCc3nccn3C)nc3ccccc3c2=O)c1. The fraction of sp³-hybridized carbons (Fsp3) is 0.190. The molecule has 0 saturated carbocycles. The number of hydrogen-bond donors (Lipinski definition) is 0. The molecule has 0 aliphatic carbocycles. The van der Waals surface area contributed by atoms with E-state index >= 15 is 0 Å². The third-order valence-electron chi connectivity index (χ3n) is 4.60. The van der Waals surface area contributed by atoms with Crippen LogP contribution in [0.1, 0.15) is 17.0 Å². The maximum Gasteiger partial charge on any atom is 0.266 e. The Kier molecular flexibility index (Phi) is 4.58. The van der Waals surface area contributed by atoms with Gasteiger partial charge in [-0.25, -0.2) is 9.97 Å². The number of benzene rings is 2. The number of hydrogen-bond acceptors (Lipinski definition) is 4. The highest BCUT2D eigenvalue weighted by atomic mass is 32.2. The summed E-state index contributed by atoms with van der Waals surface area (Å²) in [5.74, 6) is 1.58. The zero-order valence-electron chi connectivity index (χ0n) is 15.5. The summed E-state index contributed by atoms with van der Waals surface area (Å²) in [4.78, 5) is 22.5. The molecule has 0 unspecified atom stereocenters. The molecule has 2 aromatic carbocycles. The maximum atomic E-state index is 13.3. The summed E-state index contributed by atoms with van der Waals surface area (Å²) in [7, 11) is 1.97. The largest absolute Gasteiger partial charge is 0.337 e. The van der Waals surface area contributed by atoms with Gasteiger partial charge < -0.3 is 4.57 Å². The van der Waals surface area contributed by atoms with Crippen molar-refractivity contribution in [2.75, 3.05) is 0 Å². The Morgan fingerprint density at radius 1 is 1.11 bits per heavy atom. The van der Waals surface area contributed by atoms with Crippen LogP contribution in [0.25, 0.3) is 16.6 Å². The van der Waals surface area contributed by atoms with Gasteiger partial charge >= 0.3 is 0 Å². The zero-order chi connectivity index (χ0) is 19.0. The highest BCUT2D eigenvalue weighted by Crippen LogP contribution is 2.26. The van der Waals surface area contributed by atoms with Gasteiger partial charge in [-0.05, 0) is 43.2 Å². The van der Waals surface area contributed by atoms with E-state index in [0.717, 1.165) is 22.6 Å². The van der Waals surface area contributed by atoms with Gasteiger partial charge in [-0.3, -0.25) is 9.36 Å². The maximum absolute atomic E-state index is 13.3. The lowest BCUT2D eigenvalue weighted by Gasteiger charge is -2.15. The van der Waals surface area contributed by atoms with Gasteiger partial charge in [0.1, 0.15) is 5.82 Å². The summed E-state index contributed by atoms with van der Waals surface area (Å²) in [6.07, 6.45) is 3.70. The number of aryl methyl sites for hydroxylation is 3. The van der Waals surface area contributed by atoms with E-state index in [9.17, 15) is 4.79 Å². The van der Waals surface area contributed by atoms with E-state index in [4.69, 9.17) is 4.98 Å². The van der Waals surface area contributed by atoms with E-state index in [1.165, 1.54) is 11.8 Å².